The Hall–Kier alpha value is -1.91. The van der Waals surface area contributed by atoms with Crippen molar-refractivity contribution >= 4 is 44.6 Å². The van der Waals surface area contributed by atoms with Crippen molar-refractivity contribution in [3.8, 4) is 0 Å². The van der Waals surface area contributed by atoms with Crippen LogP contribution in [0.5, 0.6) is 0 Å². The summed E-state index contributed by atoms with van der Waals surface area (Å²) in [7, 11) is 0. The molecule has 2 aromatic carbocycles. The number of carbonyl (C=O) groups excluding carboxylic acids is 1. The Morgan fingerprint density at radius 2 is 1.95 bits per heavy atom. The van der Waals surface area contributed by atoms with Gasteiger partial charge in [0.1, 0.15) is 5.82 Å². The fourth-order valence-corrected chi connectivity index (χ4v) is 3.04. The van der Waals surface area contributed by atoms with E-state index in [2.05, 4.69) is 5.32 Å². The van der Waals surface area contributed by atoms with Gasteiger partial charge in [0.05, 0.1) is 15.6 Å². The lowest BCUT2D eigenvalue weighted by Gasteiger charge is -2.05. The highest BCUT2D eigenvalue weighted by Gasteiger charge is 2.12. The van der Waals surface area contributed by atoms with E-state index in [1.165, 1.54) is 29.5 Å². The molecule has 0 saturated carbocycles. The van der Waals surface area contributed by atoms with Gasteiger partial charge >= 0.3 is 0 Å². The lowest BCUT2D eigenvalue weighted by Crippen LogP contribution is -2.10. The van der Waals surface area contributed by atoms with Crippen LogP contribution < -0.4 is 5.32 Å². The molecule has 0 aliphatic rings. The Labute approximate surface area is 123 Å². The molecule has 20 heavy (non-hydrogen) atoms. The Balaban J connectivity index is 1.89. The molecule has 1 amide bonds. The molecule has 1 N–H and O–H groups in total. The van der Waals surface area contributed by atoms with Crippen molar-refractivity contribution in [1.29, 1.82) is 0 Å². The van der Waals surface area contributed by atoms with Crippen LogP contribution in [0.4, 0.5) is 10.1 Å². The van der Waals surface area contributed by atoms with E-state index >= 15 is 0 Å². The summed E-state index contributed by atoms with van der Waals surface area (Å²) in [6, 6.07) is 13.5. The maximum absolute atomic E-state index is 13.0. The third-order valence-corrected chi connectivity index (χ3v) is 4.26. The molecular formula is C15H9ClFNOS. The minimum atomic E-state index is -0.435. The maximum Gasteiger partial charge on any atom is 0.265 e. The molecule has 5 heteroatoms. The van der Waals surface area contributed by atoms with Crippen LogP contribution >= 0.6 is 22.9 Å². The molecule has 0 bridgehead atoms. The van der Waals surface area contributed by atoms with Crippen molar-refractivity contribution in [3.63, 3.8) is 0 Å². The summed E-state index contributed by atoms with van der Waals surface area (Å²) in [4.78, 5) is 12.8. The Bertz CT molecular complexity index is 766. The lowest BCUT2D eigenvalue weighted by molar-refractivity contribution is 0.103. The Kier molecular flexibility index (Phi) is 3.42. The molecule has 0 saturated heterocycles. The molecule has 0 unspecified atom stereocenters. The molecule has 0 aliphatic heterocycles. The molecule has 0 spiro atoms. The number of hydrogen-bond acceptors (Lipinski definition) is 2. The summed E-state index contributed by atoms with van der Waals surface area (Å²) < 4.78 is 14.0. The number of fused-ring (bicyclic) bond motifs is 1. The highest BCUT2D eigenvalue weighted by molar-refractivity contribution is 7.20. The minimum absolute atomic E-state index is 0.180. The van der Waals surface area contributed by atoms with Gasteiger partial charge in [-0.05, 0) is 35.7 Å². The van der Waals surface area contributed by atoms with E-state index in [4.69, 9.17) is 11.6 Å². The van der Waals surface area contributed by atoms with Crippen molar-refractivity contribution in [2.45, 2.75) is 0 Å². The molecule has 2 nitrogen and oxygen atoms in total. The van der Waals surface area contributed by atoms with Crippen LogP contribution in [0.25, 0.3) is 10.1 Å². The number of nitrogens with one attached hydrogen (secondary N) is 1. The molecular weight excluding hydrogens is 297 g/mol. The minimum Gasteiger partial charge on any atom is -0.320 e. The Morgan fingerprint density at radius 3 is 2.70 bits per heavy atom. The first-order valence-corrected chi connectivity index (χ1v) is 7.08. The topological polar surface area (TPSA) is 29.1 Å². The first-order valence-electron chi connectivity index (χ1n) is 5.88. The number of hydrogen-bond donors (Lipinski definition) is 1. The van der Waals surface area contributed by atoms with Crippen LogP contribution in [0.2, 0.25) is 5.02 Å². The van der Waals surface area contributed by atoms with E-state index in [0.29, 0.717) is 10.6 Å². The molecule has 0 fully saturated rings. The van der Waals surface area contributed by atoms with Crippen LogP contribution in [-0.4, -0.2) is 5.91 Å². The third-order valence-electron chi connectivity index (χ3n) is 2.83. The zero-order chi connectivity index (χ0) is 14.1. The number of anilines is 1. The molecule has 1 aromatic heterocycles. The molecule has 0 aliphatic carbocycles. The van der Waals surface area contributed by atoms with Crippen LogP contribution in [0, 0.1) is 5.82 Å². The quantitative estimate of drug-likeness (QED) is 0.713. The highest BCUT2D eigenvalue weighted by Crippen LogP contribution is 2.27. The number of amides is 1. The largest absolute Gasteiger partial charge is 0.320 e. The second kappa shape index (κ2) is 5.23. The maximum atomic E-state index is 13.0. The van der Waals surface area contributed by atoms with Gasteiger partial charge in [0.2, 0.25) is 0 Å². The van der Waals surface area contributed by atoms with Crippen LogP contribution in [-0.2, 0) is 0 Å². The zero-order valence-corrected chi connectivity index (χ0v) is 11.8. The van der Waals surface area contributed by atoms with Gasteiger partial charge in [-0.2, -0.15) is 0 Å². The van der Waals surface area contributed by atoms with Gasteiger partial charge in [-0.3, -0.25) is 4.79 Å². The average molecular weight is 306 g/mol. The van der Waals surface area contributed by atoms with E-state index in [-0.39, 0.29) is 10.9 Å². The van der Waals surface area contributed by atoms with Crippen molar-refractivity contribution in [1.82, 2.24) is 0 Å². The highest BCUT2D eigenvalue weighted by atomic mass is 35.5. The average Bonchev–Trinajstić information content (AvgIpc) is 2.86. The summed E-state index contributed by atoms with van der Waals surface area (Å²) in [6.07, 6.45) is 0. The second-order valence-electron chi connectivity index (χ2n) is 4.23. The molecule has 100 valence electrons. The van der Waals surface area contributed by atoms with Gasteiger partial charge in [0.15, 0.2) is 0 Å². The summed E-state index contributed by atoms with van der Waals surface area (Å²) >= 11 is 7.29. The van der Waals surface area contributed by atoms with Crippen molar-refractivity contribution in [3.05, 3.63) is 64.2 Å². The molecule has 0 radical (unpaired) electrons. The van der Waals surface area contributed by atoms with Gasteiger partial charge < -0.3 is 5.32 Å². The number of benzene rings is 2. The van der Waals surface area contributed by atoms with Crippen LogP contribution in [0.1, 0.15) is 9.67 Å². The van der Waals surface area contributed by atoms with Crippen molar-refractivity contribution < 1.29 is 9.18 Å². The molecule has 0 atom stereocenters. The standard InChI is InChI=1S/C15H9ClFNOS/c16-11-8-10(17)5-6-12(11)18-15(19)14-7-9-3-1-2-4-13(9)20-14/h1-8H,(H,18,19). The van der Waals surface area contributed by atoms with Gasteiger partial charge in [-0.25, -0.2) is 4.39 Å². The number of rotatable bonds is 2. The van der Waals surface area contributed by atoms with Crippen molar-refractivity contribution in [2.75, 3.05) is 5.32 Å². The summed E-state index contributed by atoms with van der Waals surface area (Å²) in [6.45, 7) is 0. The molecule has 1 heterocycles. The van der Waals surface area contributed by atoms with Gasteiger partial charge in [0.25, 0.3) is 5.91 Å². The van der Waals surface area contributed by atoms with E-state index < -0.39 is 5.82 Å². The van der Waals surface area contributed by atoms with E-state index in [1.807, 2.05) is 30.3 Å². The summed E-state index contributed by atoms with van der Waals surface area (Å²) in [5.74, 6) is -0.686. The smallest absolute Gasteiger partial charge is 0.265 e. The predicted molar refractivity (Wildman–Crippen MR) is 81.2 cm³/mol. The lowest BCUT2D eigenvalue weighted by atomic mass is 10.2. The van der Waals surface area contributed by atoms with Crippen molar-refractivity contribution in [2.24, 2.45) is 0 Å². The third kappa shape index (κ3) is 2.53. The second-order valence-corrected chi connectivity index (χ2v) is 5.72. The van der Waals surface area contributed by atoms with Gasteiger partial charge in [-0.15, -0.1) is 11.3 Å². The number of carbonyl (C=O) groups is 1. The fraction of sp³-hybridized carbons (Fsp3) is 0. The number of thiophene rings is 1. The first-order chi connectivity index (χ1) is 9.63. The SMILES string of the molecule is O=C(Nc1ccc(F)cc1Cl)c1cc2ccccc2s1. The summed E-state index contributed by atoms with van der Waals surface area (Å²) in [5.41, 5.74) is 0.399. The van der Waals surface area contributed by atoms with E-state index in [9.17, 15) is 9.18 Å². The molecule has 3 rings (SSSR count). The van der Waals surface area contributed by atoms with Gasteiger partial charge in [-0.1, -0.05) is 29.8 Å². The monoisotopic (exact) mass is 305 g/mol. The normalized spacial score (nSPS) is 10.7. The van der Waals surface area contributed by atoms with Crippen LogP contribution in [0.15, 0.2) is 48.5 Å². The van der Waals surface area contributed by atoms with E-state index in [0.717, 1.165) is 10.1 Å². The predicted octanol–water partition coefficient (Wildman–Crippen LogP) is 4.95. The van der Waals surface area contributed by atoms with Gasteiger partial charge in [0, 0.05) is 4.70 Å². The van der Waals surface area contributed by atoms with Crippen LogP contribution in [0.3, 0.4) is 0 Å². The first kappa shape index (κ1) is 13.1. The molecule has 3 aromatic rings. The number of halogens is 2. The summed E-state index contributed by atoms with van der Waals surface area (Å²) in [5, 5.41) is 3.89. The Morgan fingerprint density at radius 1 is 1.15 bits per heavy atom. The fourth-order valence-electron chi connectivity index (χ4n) is 1.87. The zero-order valence-electron chi connectivity index (χ0n) is 10.2. The van der Waals surface area contributed by atoms with E-state index in [1.54, 1.807) is 0 Å².